The molecule has 10 heteroatoms. The summed E-state index contributed by atoms with van der Waals surface area (Å²) < 4.78 is 42.8. The summed E-state index contributed by atoms with van der Waals surface area (Å²) in [6.45, 7) is 6.25. The number of morpholine rings is 1. The zero-order chi connectivity index (χ0) is 23.4. The van der Waals surface area contributed by atoms with Gasteiger partial charge < -0.3 is 20.3 Å². The van der Waals surface area contributed by atoms with E-state index in [1.54, 1.807) is 0 Å². The summed E-state index contributed by atoms with van der Waals surface area (Å²) in [4.78, 5) is 30.5. The molecule has 1 amide bonds. The number of halogens is 3. The Morgan fingerprint density at radius 1 is 1.31 bits per heavy atom. The van der Waals surface area contributed by atoms with E-state index in [2.05, 4.69) is 16.5 Å². The van der Waals surface area contributed by atoms with Crippen LogP contribution >= 0.6 is 0 Å². The van der Waals surface area contributed by atoms with Crippen LogP contribution < -0.4 is 5.73 Å². The number of carbonyl (C=O) groups excluding carboxylic acids is 2. The number of nitrogen functional groups attached to an aromatic ring is 1. The van der Waals surface area contributed by atoms with Gasteiger partial charge in [0.15, 0.2) is 0 Å². The highest BCUT2D eigenvalue weighted by molar-refractivity contribution is 6.30. The van der Waals surface area contributed by atoms with Crippen LogP contribution in [0.4, 0.5) is 18.9 Å². The number of ketones is 1. The van der Waals surface area contributed by atoms with E-state index in [9.17, 15) is 22.8 Å². The normalized spacial score (nSPS) is 19.6. The fraction of sp³-hybridized carbons (Fsp3) is 0.500. The molecule has 2 aliphatic heterocycles. The van der Waals surface area contributed by atoms with Crippen molar-refractivity contribution in [3.8, 4) is 0 Å². The van der Waals surface area contributed by atoms with Gasteiger partial charge in [-0.25, -0.2) is 0 Å². The van der Waals surface area contributed by atoms with Gasteiger partial charge in [-0.3, -0.25) is 14.6 Å². The van der Waals surface area contributed by atoms with Gasteiger partial charge in [0, 0.05) is 25.3 Å². The fourth-order valence-electron chi connectivity index (χ4n) is 3.94. The van der Waals surface area contributed by atoms with Gasteiger partial charge in [0.05, 0.1) is 30.6 Å². The second-order valence-electron chi connectivity index (χ2n) is 8.24. The second kappa shape index (κ2) is 9.83. The van der Waals surface area contributed by atoms with Crippen molar-refractivity contribution in [1.82, 2.24) is 9.80 Å². The summed E-state index contributed by atoms with van der Waals surface area (Å²) >= 11 is 0. The number of carbonyl (C=O) groups is 2. The lowest BCUT2D eigenvalue weighted by Gasteiger charge is -2.47. The number of alkyl halides is 3. The van der Waals surface area contributed by atoms with Crippen LogP contribution in [0.3, 0.4) is 0 Å². The molecule has 1 aromatic carbocycles. The summed E-state index contributed by atoms with van der Waals surface area (Å²) in [6, 6.07) is 7.81. The number of hydrogen-bond donors (Lipinski definition) is 1. The van der Waals surface area contributed by atoms with E-state index < -0.39 is 17.6 Å². The van der Waals surface area contributed by atoms with Crippen LogP contribution in [0, 0.1) is 0 Å². The Balaban J connectivity index is 1.50. The van der Waals surface area contributed by atoms with Crippen LogP contribution in [0.5, 0.6) is 0 Å². The van der Waals surface area contributed by atoms with E-state index in [4.69, 9.17) is 10.5 Å². The molecule has 0 unspecified atom stereocenters. The molecule has 3 rings (SSSR count). The molecule has 0 aliphatic carbocycles. The first-order valence-corrected chi connectivity index (χ1v) is 10.4. The van der Waals surface area contributed by atoms with Gasteiger partial charge in [-0.05, 0) is 37.0 Å². The van der Waals surface area contributed by atoms with Crippen LogP contribution in [-0.4, -0.2) is 78.8 Å². The lowest BCUT2D eigenvalue weighted by atomic mass is 9.89. The topological polar surface area (TPSA) is 88.2 Å². The predicted molar refractivity (Wildman–Crippen MR) is 114 cm³/mol. The third-order valence-corrected chi connectivity index (χ3v) is 5.79. The molecule has 32 heavy (non-hydrogen) atoms. The number of amides is 1. The van der Waals surface area contributed by atoms with Gasteiger partial charge in [-0.1, -0.05) is 18.7 Å². The lowest BCUT2D eigenvalue weighted by molar-refractivity contribution is -0.170. The first-order chi connectivity index (χ1) is 15.1. The van der Waals surface area contributed by atoms with Crippen molar-refractivity contribution < 1.29 is 27.5 Å². The number of ether oxygens (including phenoxy) is 1. The first kappa shape index (κ1) is 23.9. The number of rotatable bonds is 7. The number of anilines is 1. The van der Waals surface area contributed by atoms with E-state index in [1.165, 1.54) is 10.5 Å². The number of nitrogens with two attached hydrogens (primary N) is 1. The molecule has 174 valence electrons. The van der Waals surface area contributed by atoms with E-state index in [-0.39, 0.29) is 31.0 Å². The van der Waals surface area contributed by atoms with Crippen molar-refractivity contribution in [2.45, 2.75) is 31.0 Å². The second-order valence-corrected chi connectivity index (χ2v) is 8.24. The summed E-state index contributed by atoms with van der Waals surface area (Å²) in [7, 11) is 0. The molecule has 1 spiro atoms. The highest BCUT2D eigenvalue weighted by Crippen LogP contribution is 2.31. The Kier molecular flexibility index (Phi) is 7.35. The molecule has 2 heterocycles. The summed E-state index contributed by atoms with van der Waals surface area (Å²) in [5.41, 5.74) is 7.27. The standard InChI is InChI=1S/C22H27F3N4O3/c1-16(27-12-19(30)22(23,24)25)13-29-15-21(32-14-20(29)31)6-9-28(10-7-21)8-5-17-3-2-4-18(26)11-17/h2-4,11-12H,1,5-10,13-15,26H2. The Hall–Kier alpha value is -2.72. The monoisotopic (exact) mass is 452 g/mol. The number of aliphatic imine (C=N–C) groups is 1. The molecule has 0 radical (unpaired) electrons. The first-order valence-electron chi connectivity index (χ1n) is 10.4. The van der Waals surface area contributed by atoms with E-state index in [0.717, 1.165) is 44.6 Å². The van der Waals surface area contributed by atoms with Gasteiger partial charge in [0.2, 0.25) is 5.91 Å². The van der Waals surface area contributed by atoms with Crippen molar-refractivity contribution in [3.05, 3.63) is 42.1 Å². The minimum Gasteiger partial charge on any atom is -0.399 e. The fourth-order valence-corrected chi connectivity index (χ4v) is 3.94. The van der Waals surface area contributed by atoms with Crippen molar-refractivity contribution in [2.75, 3.05) is 45.1 Å². The van der Waals surface area contributed by atoms with Crippen molar-refractivity contribution >= 4 is 23.6 Å². The summed E-state index contributed by atoms with van der Waals surface area (Å²) in [5, 5.41) is 0. The van der Waals surface area contributed by atoms with Gasteiger partial charge in [-0.15, -0.1) is 0 Å². The van der Waals surface area contributed by atoms with Crippen molar-refractivity contribution in [1.29, 1.82) is 0 Å². The number of benzene rings is 1. The zero-order valence-electron chi connectivity index (χ0n) is 17.7. The third-order valence-electron chi connectivity index (χ3n) is 5.79. The number of likely N-dealkylation sites (tertiary alicyclic amines) is 1. The molecule has 0 saturated carbocycles. The molecule has 0 aromatic heterocycles. The average Bonchev–Trinajstić information content (AvgIpc) is 2.74. The maximum absolute atomic E-state index is 12.3. The molecule has 0 atom stereocenters. The van der Waals surface area contributed by atoms with Gasteiger partial charge in [0.25, 0.3) is 5.78 Å². The minimum absolute atomic E-state index is 0.00701. The Labute approximate surface area is 184 Å². The Bertz CT molecular complexity index is 893. The zero-order valence-corrected chi connectivity index (χ0v) is 17.7. The number of Topliss-reactive ketones (excluding diaryl/α,β-unsaturated/α-hetero) is 1. The van der Waals surface area contributed by atoms with Crippen molar-refractivity contribution in [3.63, 3.8) is 0 Å². The number of nitrogens with zero attached hydrogens (tertiary/aromatic N) is 3. The van der Waals surface area contributed by atoms with Crippen LogP contribution in [0.15, 0.2) is 41.5 Å². The molecule has 2 fully saturated rings. The quantitative estimate of drug-likeness (QED) is 0.506. The molecule has 2 saturated heterocycles. The Morgan fingerprint density at radius 2 is 2.03 bits per heavy atom. The van der Waals surface area contributed by atoms with Gasteiger partial charge in [-0.2, -0.15) is 13.2 Å². The molecule has 2 N–H and O–H groups in total. The lowest BCUT2D eigenvalue weighted by Crippen LogP contribution is -2.59. The maximum Gasteiger partial charge on any atom is 0.455 e. The summed E-state index contributed by atoms with van der Waals surface area (Å²) in [5.74, 6) is -2.34. The van der Waals surface area contributed by atoms with Crippen LogP contribution in [0.25, 0.3) is 0 Å². The predicted octanol–water partition coefficient (Wildman–Crippen LogP) is 2.22. The Morgan fingerprint density at radius 3 is 2.69 bits per heavy atom. The van der Waals surface area contributed by atoms with Crippen LogP contribution in [0.1, 0.15) is 18.4 Å². The molecule has 2 aliphatic rings. The molecular formula is C22H27F3N4O3. The average molecular weight is 452 g/mol. The minimum atomic E-state index is -4.98. The number of piperidine rings is 1. The molecule has 1 aromatic rings. The van der Waals surface area contributed by atoms with Crippen LogP contribution in [-0.2, 0) is 20.7 Å². The SMILES string of the molecule is C=C(CN1CC2(CCN(CCc3cccc(N)c3)CC2)OCC1=O)N=CC(=O)C(F)(F)F. The molecule has 0 bridgehead atoms. The van der Waals surface area contributed by atoms with Gasteiger partial charge >= 0.3 is 6.18 Å². The molecular weight excluding hydrogens is 425 g/mol. The van der Waals surface area contributed by atoms with E-state index in [0.29, 0.717) is 6.54 Å². The van der Waals surface area contributed by atoms with Crippen molar-refractivity contribution in [2.24, 2.45) is 4.99 Å². The number of hydrogen-bond acceptors (Lipinski definition) is 6. The van der Waals surface area contributed by atoms with Crippen LogP contribution in [0.2, 0.25) is 0 Å². The third kappa shape index (κ3) is 6.39. The maximum atomic E-state index is 12.3. The van der Waals surface area contributed by atoms with E-state index in [1.807, 2.05) is 24.3 Å². The highest BCUT2D eigenvalue weighted by Gasteiger charge is 2.42. The largest absolute Gasteiger partial charge is 0.455 e. The van der Waals surface area contributed by atoms with E-state index >= 15 is 0 Å². The highest BCUT2D eigenvalue weighted by atomic mass is 19.4. The van der Waals surface area contributed by atoms with Gasteiger partial charge in [0.1, 0.15) is 6.61 Å². The summed E-state index contributed by atoms with van der Waals surface area (Å²) in [6.07, 6.45) is -2.43. The smallest absolute Gasteiger partial charge is 0.399 e. The molecule has 7 nitrogen and oxygen atoms in total.